The minimum atomic E-state index is -0.211. The van der Waals surface area contributed by atoms with Gasteiger partial charge in [-0.1, -0.05) is 47.4 Å². The lowest BCUT2D eigenvalue weighted by atomic mass is 10.3. The van der Waals surface area contributed by atoms with Gasteiger partial charge in [-0.05, 0) is 42.5 Å². The second-order valence-corrected chi connectivity index (χ2v) is 7.07. The Morgan fingerprint density at radius 1 is 1.08 bits per heavy atom. The quantitative estimate of drug-likeness (QED) is 0.551. The number of carbonyl (C=O) groups is 1. The molecule has 2 heterocycles. The van der Waals surface area contributed by atoms with Crippen LogP contribution in [-0.4, -0.2) is 25.2 Å². The van der Waals surface area contributed by atoms with Crippen molar-refractivity contribution in [3.8, 4) is 17.2 Å². The summed E-state index contributed by atoms with van der Waals surface area (Å²) in [6, 6.07) is 17.1. The van der Waals surface area contributed by atoms with Gasteiger partial charge in [0.2, 0.25) is 0 Å². The van der Waals surface area contributed by atoms with Crippen molar-refractivity contribution in [1.82, 2.24) is 20.3 Å². The molecule has 0 bridgehead atoms. The molecule has 0 saturated carbocycles. The number of para-hydroxylation sites is 1. The van der Waals surface area contributed by atoms with Gasteiger partial charge in [-0.2, -0.15) is 0 Å². The molecule has 0 spiro atoms. The molecule has 0 radical (unpaired) electrons. The first-order chi connectivity index (χ1) is 12.7. The fourth-order valence-electron chi connectivity index (χ4n) is 2.32. The Bertz CT molecular complexity index is 998. The van der Waals surface area contributed by atoms with Gasteiger partial charge in [0.15, 0.2) is 0 Å². The summed E-state index contributed by atoms with van der Waals surface area (Å²) in [4.78, 5) is 12.2. The summed E-state index contributed by atoms with van der Waals surface area (Å²) in [5, 5.41) is 10.7. The van der Waals surface area contributed by atoms with E-state index in [9.17, 15) is 4.79 Å². The van der Waals surface area contributed by atoms with E-state index in [0.29, 0.717) is 14.9 Å². The Morgan fingerprint density at radius 3 is 2.50 bits per heavy atom. The molecule has 8 heteroatoms. The molecule has 1 amide bonds. The highest BCUT2D eigenvalue weighted by Gasteiger charge is 2.22. The largest absolute Gasteiger partial charge is 0.457 e. The van der Waals surface area contributed by atoms with Gasteiger partial charge in [0.05, 0.1) is 16.8 Å². The fraction of sp³-hybridized carbons (Fsp3) is 0. The fourth-order valence-corrected chi connectivity index (χ4v) is 3.34. The third-order valence-electron chi connectivity index (χ3n) is 3.51. The standard InChI is InChI=1S/C18H12N4O2S2/c23-17-16(26-18(25)19-17)10-12-11-22(21-20-12)13-6-8-15(9-7-13)24-14-4-2-1-3-5-14/h1-11H,(H,19,23,25)/b16-10-. The molecule has 4 rings (SSSR count). The number of ether oxygens (including phenoxy) is 1. The summed E-state index contributed by atoms with van der Waals surface area (Å²) in [6.45, 7) is 0. The van der Waals surface area contributed by atoms with Crippen LogP contribution in [0.2, 0.25) is 0 Å². The number of hydrogen-bond acceptors (Lipinski definition) is 6. The van der Waals surface area contributed by atoms with Crippen molar-refractivity contribution in [3.05, 3.63) is 71.4 Å². The van der Waals surface area contributed by atoms with Gasteiger partial charge in [-0.3, -0.25) is 4.79 Å². The molecule has 1 fully saturated rings. The van der Waals surface area contributed by atoms with Gasteiger partial charge in [0, 0.05) is 0 Å². The molecule has 1 N–H and O–H groups in total. The second-order valence-electron chi connectivity index (χ2n) is 5.35. The highest BCUT2D eigenvalue weighted by atomic mass is 32.2. The lowest BCUT2D eigenvalue weighted by Gasteiger charge is -2.06. The second kappa shape index (κ2) is 7.11. The smallest absolute Gasteiger partial charge is 0.263 e. The molecule has 26 heavy (non-hydrogen) atoms. The van der Waals surface area contributed by atoms with E-state index in [0.717, 1.165) is 17.2 Å². The zero-order valence-electron chi connectivity index (χ0n) is 13.3. The Labute approximate surface area is 158 Å². The van der Waals surface area contributed by atoms with Gasteiger partial charge in [0.1, 0.15) is 21.5 Å². The first-order valence-electron chi connectivity index (χ1n) is 7.68. The van der Waals surface area contributed by atoms with Crippen LogP contribution in [0.25, 0.3) is 11.8 Å². The third-order valence-corrected chi connectivity index (χ3v) is 4.67. The van der Waals surface area contributed by atoms with Crippen LogP contribution in [0.3, 0.4) is 0 Å². The summed E-state index contributed by atoms with van der Waals surface area (Å²) in [5.74, 6) is 1.30. The van der Waals surface area contributed by atoms with Crippen LogP contribution in [0.15, 0.2) is 65.7 Å². The molecular weight excluding hydrogens is 368 g/mol. The zero-order chi connectivity index (χ0) is 17.9. The van der Waals surface area contributed by atoms with Crippen LogP contribution in [0.1, 0.15) is 5.69 Å². The van der Waals surface area contributed by atoms with Crippen LogP contribution >= 0.6 is 24.0 Å². The molecule has 1 aromatic heterocycles. The highest BCUT2D eigenvalue weighted by Crippen LogP contribution is 2.26. The molecule has 6 nitrogen and oxygen atoms in total. The molecule has 0 atom stereocenters. The van der Waals surface area contributed by atoms with Crippen LogP contribution in [0.5, 0.6) is 11.5 Å². The number of benzene rings is 2. The monoisotopic (exact) mass is 380 g/mol. The maximum Gasteiger partial charge on any atom is 0.263 e. The maximum absolute atomic E-state index is 11.7. The Morgan fingerprint density at radius 2 is 1.81 bits per heavy atom. The third kappa shape index (κ3) is 3.66. The summed E-state index contributed by atoms with van der Waals surface area (Å²) in [7, 11) is 0. The average molecular weight is 380 g/mol. The molecule has 1 aliphatic rings. The van der Waals surface area contributed by atoms with Crippen molar-refractivity contribution >= 4 is 40.3 Å². The number of rotatable bonds is 4. The van der Waals surface area contributed by atoms with E-state index < -0.39 is 0 Å². The van der Waals surface area contributed by atoms with Crippen molar-refractivity contribution < 1.29 is 9.53 Å². The summed E-state index contributed by atoms with van der Waals surface area (Å²) < 4.78 is 7.85. The molecule has 1 aliphatic heterocycles. The van der Waals surface area contributed by atoms with E-state index in [1.54, 1.807) is 17.0 Å². The minimum Gasteiger partial charge on any atom is -0.457 e. The normalized spacial score (nSPS) is 15.3. The predicted octanol–water partition coefficient (Wildman–Crippen LogP) is 3.55. The summed E-state index contributed by atoms with van der Waals surface area (Å²) in [5.41, 5.74) is 1.42. The predicted molar refractivity (Wildman–Crippen MR) is 104 cm³/mol. The molecule has 0 aliphatic carbocycles. The molecular formula is C18H12N4O2S2. The van der Waals surface area contributed by atoms with Gasteiger partial charge < -0.3 is 10.1 Å². The van der Waals surface area contributed by atoms with Crippen molar-refractivity contribution in [2.45, 2.75) is 0 Å². The molecule has 0 unspecified atom stereocenters. The number of nitrogens with zero attached hydrogens (tertiary/aromatic N) is 3. The van der Waals surface area contributed by atoms with Crippen molar-refractivity contribution in [3.63, 3.8) is 0 Å². The topological polar surface area (TPSA) is 69.0 Å². The molecule has 2 aromatic carbocycles. The van der Waals surface area contributed by atoms with Crippen LogP contribution in [-0.2, 0) is 4.79 Å². The lowest BCUT2D eigenvalue weighted by molar-refractivity contribution is -0.115. The van der Waals surface area contributed by atoms with E-state index in [2.05, 4.69) is 15.6 Å². The number of thioether (sulfide) groups is 1. The van der Waals surface area contributed by atoms with E-state index in [-0.39, 0.29) is 5.91 Å². The number of nitrogens with one attached hydrogen (secondary N) is 1. The van der Waals surface area contributed by atoms with Crippen LogP contribution in [0, 0.1) is 0 Å². The van der Waals surface area contributed by atoms with Gasteiger partial charge in [-0.25, -0.2) is 4.68 Å². The van der Waals surface area contributed by atoms with Gasteiger partial charge >= 0.3 is 0 Å². The molecule has 1 saturated heterocycles. The summed E-state index contributed by atoms with van der Waals surface area (Å²) >= 11 is 6.18. The Kier molecular flexibility index (Phi) is 4.51. The Balaban J connectivity index is 1.50. The Hall–Kier alpha value is -2.97. The van der Waals surface area contributed by atoms with Crippen molar-refractivity contribution in [2.75, 3.05) is 0 Å². The number of carbonyl (C=O) groups excluding carboxylic acids is 1. The number of hydrogen-bond donors (Lipinski definition) is 1. The minimum absolute atomic E-state index is 0.211. The van der Waals surface area contributed by atoms with E-state index in [4.69, 9.17) is 17.0 Å². The van der Waals surface area contributed by atoms with Crippen LogP contribution < -0.4 is 10.1 Å². The zero-order valence-corrected chi connectivity index (χ0v) is 15.0. The van der Waals surface area contributed by atoms with E-state index in [1.165, 1.54) is 11.8 Å². The number of thiocarbonyl (C=S) groups is 1. The SMILES string of the molecule is O=C1NC(=S)S/C1=C\c1cn(-c2ccc(Oc3ccccc3)cc2)nn1. The van der Waals surface area contributed by atoms with Gasteiger partial charge in [0.25, 0.3) is 5.91 Å². The van der Waals surface area contributed by atoms with Gasteiger partial charge in [-0.15, -0.1) is 5.10 Å². The van der Waals surface area contributed by atoms with E-state index >= 15 is 0 Å². The number of aromatic nitrogens is 3. The number of amides is 1. The molecule has 3 aromatic rings. The first kappa shape index (κ1) is 16.5. The maximum atomic E-state index is 11.7. The van der Waals surface area contributed by atoms with Crippen molar-refractivity contribution in [1.29, 1.82) is 0 Å². The highest BCUT2D eigenvalue weighted by molar-refractivity contribution is 8.26. The molecule has 128 valence electrons. The van der Waals surface area contributed by atoms with Crippen LogP contribution in [0.4, 0.5) is 0 Å². The average Bonchev–Trinajstić information content (AvgIpc) is 3.23. The summed E-state index contributed by atoms with van der Waals surface area (Å²) in [6.07, 6.45) is 3.41. The van der Waals surface area contributed by atoms with Crippen molar-refractivity contribution in [2.24, 2.45) is 0 Å². The first-order valence-corrected chi connectivity index (χ1v) is 8.90. The van der Waals surface area contributed by atoms with E-state index in [1.807, 2.05) is 54.6 Å². The lowest BCUT2D eigenvalue weighted by Crippen LogP contribution is -2.17.